The maximum atomic E-state index is 12.1. The minimum Gasteiger partial charge on any atom is -0.489 e. The first-order chi connectivity index (χ1) is 20.1. The summed E-state index contributed by atoms with van der Waals surface area (Å²) in [5.41, 5.74) is -1.29. The molecule has 0 saturated carbocycles. The van der Waals surface area contributed by atoms with Crippen molar-refractivity contribution in [3.63, 3.8) is 0 Å². The van der Waals surface area contributed by atoms with E-state index in [9.17, 15) is 33.6 Å². The van der Waals surface area contributed by atoms with E-state index in [1.165, 1.54) is 0 Å². The lowest BCUT2D eigenvalue weighted by Gasteiger charge is -2.45. The second kappa shape index (κ2) is 16.1. The molecule has 0 aliphatic carbocycles. The SMILES string of the molecule is CC(=O)OC[C@H]1O[C@H](SC2=CO[C@H](COC(C)=O)[C@@H](OC(C)=O)[C@@H]2OC(C)=O)[C@H](OC(C)=O)[C@@H](OC(C)=O)[C@@H]1OC(C)=O. The average molecular weight is 635 g/mol. The average Bonchev–Trinajstić information content (AvgIpc) is 2.86. The number of hydrogen-bond acceptors (Lipinski definition) is 17. The van der Waals surface area contributed by atoms with Crippen molar-refractivity contribution in [3.8, 4) is 0 Å². The molecule has 0 bridgehead atoms. The van der Waals surface area contributed by atoms with E-state index in [4.69, 9.17) is 42.6 Å². The number of carbonyl (C=O) groups is 7. The topological polar surface area (TPSA) is 203 Å². The normalized spacial score (nSPS) is 28.1. The van der Waals surface area contributed by atoms with E-state index >= 15 is 0 Å². The van der Waals surface area contributed by atoms with Gasteiger partial charge in [-0.05, 0) is 0 Å². The van der Waals surface area contributed by atoms with Crippen molar-refractivity contribution in [1.29, 1.82) is 0 Å². The molecule has 0 spiro atoms. The summed E-state index contributed by atoms with van der Waals surface area (Å²) in [6.07, 6.45) is -8.07. The van der Waals surface area contributed by atoms with Crippen molar-refractivity contribution >= 4 is 53.5 Å². The smallest absolute Gasteiger partial charge is 0.303 e. The maximum absolute atomic E-state index is 12.1. The van der Waals surface area contributed by atoms with Gasteiger partial charge >= 0.3 is 41.8 Å². The molecule has 17 heteroatoms. The van der Waals surface area contributed by atoms with Gasteiger partial charge in [-0.1, -0.05) is 11.8 Å². The zero-order valence-electron chi connectivity index (χ0n) is 24.6. The zero-order chi connectivity index (χ0) is 32.4. The Bertz CT molecular complexity index is 1120. The van der Waals surface area contributed by atoms with Crippen molar-refractivity contribution in [2.24, 2.45) is 0 Å². The van der Waals surface area contributed by atoms with Gasteiger partial charge in [-0.15, -0.1) is 0 Å². The highest BCUT2D eigenvalue weighted by molar-refractivity contribution is 8.03. The first kappa shape index (κ1) is 35.3. The largest absolute Gasteiger partial charge is 0.489 e. The molecule has 0 amide bonds. The van der Waals surface area contributed by atoms with Gasteiger partial charge < -0.3 is 42.6 Å². The Morgan fingerprint density at radius 1 is 0.581 bits per heavy atom. The molecule has 43 heavy (non-hydrogen) atoms. The molecule has 0 radical (unpaired) electrons. The van der Waals surface area contributed by atoms with Crippen LogP contribution in [0.5, 0.6) is 0 Å². The summed E-state index contributed by atoms with van der Waals surface area (Å²) in [4.78, 5) is 83.4. The van der Waals surface area contributed by atoms with Gasteiger partial charge in [0.15, 0.2) is 36.6 Å². The predicted octanol–water partition coefficient (Wildman–Crippen LogP) is 0.469. The number of thioether (sulfide) groups is 1. The molecule has 8 atom stereocenters. The molecule has 2 aliphatic heterocycles. The van der Waals surface area contributed by atoms with Crippen LogP contribution in [0.4, 0.5) is 0 Å². The Labute approximate surface area is 250 Å². The first-order valence-corrected chi connectivity index (χ1v) is 13.8. The maximum Gasteiger partial charge on any atom is 0.303 e. The molecule has 0 aromatic heterocycles. The van der Waals surface area contributed by atoms with Crippen LogP contribution in [0.2, 0.25) is 0 Å². The van der Waals surface area contributed by atoms with Gasteiger partial charge in [-0.25, -0.2) is 0 Å². The summed E-state index contributed by atoms with van der Waals surface area (Å²) in [5.74, 6) is -5.32. The van der Waals surface area contributed by atoms with Gasteiger partial charge in [0.2, 0.25) is 0 Å². The van der Waals surface area contributed by atoms with Gasteiger partial charge in [-0.2, -0.15) is 0 Å². The summed E-state index contributed by atoms with van der Waals surface area (Å²) in [5, 5.41) is 0. The van der Waals surface area contributed by atoms with Crippen LogP contribution < -0.4 is 0 Å². The highest BCUT2D eigenvalue weighted by atomic mass is 32.2. The summed E-state index contributed by atoms with van der Waals surface area (Å²) in [6.45, 7) is 6.94. The van der Waals surface area contributed by atoms with Gasteiger partial charge in [-0.3, -0.25) is 33.6 Å². The monoisotopic (exact) mass is 634 g/mol. The van der Waals surface area contributed by atoms with Crippen molar-refractivity contribution in [2.45, 2.75) is 96.6 Å². The zero-order valence-corrected chi connectivity index (χ0v) is 25.4. The Morgan fingerprint density at radius 3 is 1.51 bits per heavy atom. The standard InChI is InChI=1S/C26H34O16S/c1-11(27)34-8-18-21(37-13(3)29)23(39-15(5)31)20(10-36-18)43-26-25(41-17(7)33)24(40-16(6)32)22(38-14(4)30)19(42-26)9-35-12(2)28/h10,18-19,21-26H,8-9H2,1-7H3/t18-,19-,21-,22-,23-,24+,25-,26-/m1/s1. The summed E-state index contributed by atoms with van der Waals surface area (Å²) >= 11 is 0.777. The molecule has 2 heterocycles. The van der Waals surface area contributed by atoms with Gasteiger partial charge in [0.25, 0.3) is 0 Å². The van der Waals surface area contributed by atoms with E-state index < -0.39 is 96.6 Å². The molecule has 0 N–H and O–H groups in total. The van der Waals surface area contributed by atoms with E-state index in [-0.39, 0.29) is 11.5 Å². The Balaban J connectivity index is 2.58. The quantitative estimate of drug-likeness (QED) is 0.224. The third-order valence-electron chi connectivity index (χ3n) is 5.55. The molecule has 0 unspecified atom stereocenters. The van der Waals surface area contributed by atoms with Crippen LogP contribution in [0.1, 0.15) is 48.5 Å². The number of rotatable bonds is 11. The van der Waals surface area contributed by atoms with Crippen LogP contribution in [-0.2, 0) is 76.2 Å². The van der Waals surface area contributed by atoms with Crippen LogP contribution in [0, 0.1) is 0 Å². The van der Waals surface area contributed by atoms with E-state index in [0.29, 0.717) is 0 Å². The van der Waals surface area contributed by atoms with E-state index in [0.717, 1.165) is 66.5 Å². The lowest BCUT2D eigenvalue weighted by atomic mass is 9.99. The van der Waals surface area contributed by atoms with Crippen LogP contribution in [0.25, 0.3) is 0 Å². The molecule has 0 aromatic rings. The fourth-order valence-electron chi connectivity index (χ4n) is 4.14. The molecule has 1 saturated heterocycles. The van der Waals surface area contributed by atoms with Crippen LogP contribution in [0.3, 0.4) is 0 Å². The first-order valence-electron chi connectivity index (χ1n) is 12.9. The number of ether oxygens (including phenoxy) is 9. The van der Waals surface area contributed by atoms with Crippen LogP contribution in [0.15, 0.2) is 11.2 Å². The number of hydrogen-bond donors (Lipinski definition) is 0. The number of esters is 7. The van der Waals surface area contributed by atoms with Gasteiger partial charge in [0.05, 0.1) is 11.2 Å². The van der Waals surface area contributed by atoms with Crippen LogP contribution in [-0.4, -0.2) is 103 Å². The van der Waals surface area contributed by atoms with Crippen molar-refractivity contribution in [1.82, 2.24) is 0 Å². The highest BCUT2D eigenvalue weighted by Crippen LogP contribution is 2.41. The molecule has 2 aliphatic rings. The van der Waals surface area contributed by atoms with Crippen molar-refractivity contribution in [3.05, 3.63) is 11.2 Å². The van der Waals surface area contributed by atoms with Gasteiger partial charge in [0, 0.05) is 48.5 Å². The molecule has 2 rings (SSSR count). The molecule has 240 valence electrons. The minimum absolute atomic E-state index is 0.0847. The predicted molar refractivity (Wildman–Crippen MR) is 140 cm³/mol. The summed E-state index contributed by atoms with van der Waals surface area (Å²) in [6, 6.07) is 0. The fourth-order valence-corrected chi connectivity index (χ4v) is 5.37. The van der Waals surface area contributed by atoms with Crippen molar-refractivity contribution < 1.29 is 76.2 Å². The lowest BCUT2D eigenvalue weighted by Crippen LogP contribution is -2.61. The molecular weight excluding hydrogens is 600 g/mol. The van der Waals surface area contributed by atoms with E-state index in [1.807, 2.05) is 0 Å². The third-order valence-corrected chi connectivity index (χ3v) is 6.76. The Morgan fingerprint density at radius 2 is 1.02 bits per heavy atom. The van der Waals surface area contributed by atoms with Gasteiger partial charge in [0.1, 0.15) is 24.8 Å². The van der Waals surface area contributed by atoms with E-state index in [1.54, 1.807) is 0 Å². The summed E-state index contributed by atoms with van der Waals surface area (Å²) in [7, 11) is 0. The summed E-state index contributed by atoms with van der Waals surface area (Å²) < 4.78 is 48.9. The van der Waals surface area contributed by atoms with E-state index in [2.05, 4.69) is 0 Å². The molecule has 16 nitrogen and oxygen atoms in total. The molecule has 0 aromatic carbocycles. The number of carbonyl (C=O) groups excluding carboxylic acids is 7. The molecular formula is C26H34O16S. The highest BCUT2D eigenvalue weighted by Gasteiger charge is 2.54. The Kier molecular flexibility index (Phi) is 13.2. The third kappa shape index (κ3) is 11.1. The van der Waals surface area contributed by atoms with Crippen molar-refractivity contribution in [2.75, 3.05) is 13.2 Å². The Hall–Kier alpha value is -3.86. The van der Waals surface area contributed by atoms with Crippen LogP contribution >= 0.6 is 11.8 Å². The molecule has 1 fully saturated rings. The second-order valence-corrected chi connectivity index (χ2v) is 10.5. The fraction of sp³-hybridized carbons (Fsp3) is 0.654. The minimum atomic E-state index is -1.45. The second-order valence-electron chi connectivity index (χ2n) is 9.29. The lowest BCUT2D eigenvalue weighted by molar-refractivity contribution is -0.237.